The number of methoxy groups -OCH3 is 1. The molecule has 1 saturated carbocycles. The molecule has 2 rings (SSSR count). The molecule has 3 nitrogen and oxygen atoms in total. The van der Waals surface area contributed by atoms with Crippen molar-refractivity contribution in [1.29, 1.82) is 0 Å². The predicted molar refractivity (Wildman–Crippen MR) is 71.5 cm³/mol. The summed E-state index contributed by atoms with van der Waals surface area (Å²) in [6.45, 7) is 2.70. The Kier molecular flexibility index (Phi) is 4.70. The van der Waals surface area contributed by atoms with Crippen molar-refractivity contribution in [3.8, 4) is 0 Å². The van der Waals surface area contributed by atoms with Crippen LogP contribution in [0.25, 0.3) is 0 Å². The Morgan fingerprint density at radius 2 is 2.15 bits per heavy atom. The minimum atomic E-state index is -1.08. The van der Waals surface area contributed by atoms with E-state index in [2.05, 4.69) is 0 Å². The van der Waals surface area contributed by atoms with Gasteiger partial charge in [-0.2, -0.15) is 0 Å². The van der Waals surface area contributed by atoms with Crippen molar-refractivity contribution in [2.45, 2.75) is 25.8 Å². The van der Waals surface area contributed by atoms with Crippen molar-refractivity contribution < 1.29 is 18.3 Å². The zero-order valence-corrected chi connectivity index (χ0v) is 11.7. The van der Waals surface area contributed by atoms with E-state index in [1.165, 1.54) is 12.1 Å². The summed E-state index contributed by atoms with van der Waals surface area (Å²) in [6, 6.07) is 3.69. The monoisotopic (exact) mass is 283 g/mol. The fraction of sp³-hybridized carbons (Fsp3) is 0.533. The summed E-state index contributed by atoms with van der Waals surface area (Å²) in [5, 5.41) is 0. The molecule has 1 aromatic rings. The number of ether oxygens (including phenoxy) is 1. The second kappa shape index (κ2) is 6.31. The first-order valence-electron chi connectivity index (χ1n) is 6.80. The van der Waals surface area contributed by atoms with Crippen molar-refractivity contribution in [2.75, 3.05) is 20.3 Å². The van der Waals surface area contributed by atoms with Crippen molar-refractivity contribution in [2.24, 2.45) is 5.92 Å². The van der Waals surface area contributed by atoms with Gasteiger partial charge in [-0.1, -0.05) is 6.07 Å². The lowest BCUT2D eigenvalue weighted by atomic mass is 10.1. The third-order valence-electron chi connectivity index (χ3n) is 3.78. The fourth-order valence-electron chi connectivity index (χ4n) is 2.34. The number of halogens is 2. The first-order chi connectivity index (χ1) is 9.56. The first kappa shape index (κ1) is 14.9. The van der Waals surface area contributed by atoms with Gasteiger partial charge in [-0.15, -0.1) is 0 Å². The SMILES string of the molecule is COCCN(C(=O)c1cccc(F)c1F)C(C)C1CC1. The van der Waals surface area contributed by atoms with Gasteiger partial charge in [0.05, 0.1) is 12.2 Å². The van der Waals surface area contributed by atoms with Gasteiger partial charge in [-0.25, -0.2) is 8.78 Å². The van der Waals surface area contributed by atoms with Crippen LogP contribution in [-0.4, -0.2) is 37.1 Å². The fourth-order valence-corrected chi connectivity index (χ4v) is 2.34. The van der Waals surface area contributed by atoms with Crippen molar-refractivity contribution >= 4 is 5.91 Å². The van der Waals surface area contributed by atoms with Gasteiger partial charge in [-0.05, 0) is 37.8 Å². The molecular formula is C15H19F2NO2. The van der Waals surface area contributed by atoms with Crippen LogP contribution in [0.1, 0.15) is 30.1 Å². The summed E-state index contributed by atoms with van der Waals surface area (Å²) in [7, 11) is 1.55. The predicted octanol–water partition coefficient (Wildman–Crippen LogP) is 2.85. The summed E-state index contributed by atoms with van der Waals surface area (Å²) in [5.74, 6) is -2.10. The summed E-state index contributed by atoms with van der Waals surface area (Å²) in [6.07, 6.45) is 2.15. The molecule has 1 aliphatic carbocycles. The van der Waals surface area contributed by atoms with Gasteiger partial charge in [0.25, 0.3) is 5.91 Å². The molecule has 1 atom stereocenters. The maximum atomic E-state index is 13.8. The molecule has 0 spiro atoms. The maximum absolute atomic E-state index is 13.8. The Morgan fingerprint density at radius 3 is 2.75 bits per heavy atom. The van der Waals surface area contributed by atoms with E-state index in [1.807, 2.05) is 6.92 Å². The van der Waals surface area contributed by atoms with Crippen LogP contribution < -0.4 is 0 Å². The summed E-state index contributed by atoms with van der Waals surface area (Å²) in [4.78, 5) is 14.0. The van der Waals surface area contributed by atoms with E-state index < -0.39 is 17.5 Å². The standard InChI is InChI=1S/C15H19F2NO2/c1-10(11-6-7-11)18(8-9-20-2)15(19)12-4-3-5-13(16)14(12)17/h3-5,10-11H,6-9H2,1-2H3. The van der Waals surface area contributed by atoms with Crippen LogP contribution in [0.4, 0.5) is 8.78 Å². The number of carbonyl (C=O) groups excluding carboxylic acids is 1. The smallest absolute Gasteiger partial charge is 0.257 e. The van der Waals surface area contributed by atoms with Crippen LogP contribution in [0.3, 0.4) is 0 Å². The highest BCUT2D eigenvalue weighted by Crippen LogP contribution is 2.35. The Hall–Kier alpha value is -1.49. The molecule has 0 aliphatic heterocycles. The number of rotatable bonds is 6. The Bertz CT molecular complexity index is 489. The third-order valence-corrected chi connectivity index (χ3v) is 3.78. The number of hydrogen-bond acceptors (Lipinski definition) is 2. The third kappa shape index (κ3) is 3.15. The quantitative estimate of drug-likeness (QED) is 0.803. The molecule has 1 aromatic carbocycles. The molecule has 1 aliphatic rings. The van der Waals surface area contributed by atoms with E-state index in [-0.39, 0.29) is 11.6 Å². The Balaban J connectivity index is 2.22. The summed E-state index contributed by atoms with van der Waals surface area (Å²) < 4.78 is 32.0. The van der Waals surface area contributed by atoms with Crippen LogP contribution >= 0.6 is 0 Å². The summed E-state index contributed by atoms with van der Waals surface area (Å²) in [5.41, 5.74) is -0.214. The molecule has 1 amide bonds. The van der Waals surface area contributed by atoms with Gasteiger partial charge in [0.2, 0.25) is 0 Å². The molecule has 0 aromatic heterocycles. The Morgan fingerprint density at radius 1 is 1.45 bits per heavy atom. The molecule has 0 N–H and O–H groups in total. The molecule has 0 bridgehead atoms. The first-order valence-corrected chi connectivity index (χ1v) is 6.80. The van der Waals surface area contributed by atoms with E-state index in [0.29, 0.717) is 19.1 Å². The number of benzene rings is 1. The Labute approximate surface area is 117 Å². The molecule has 1 fully saturated rings. The van der Waals surface area contributed by atoms with E-state index in [9.17, 15) is 13.6 Å². The molecule has 0 heterocycles. The number of nitrogens with zero attached hydrogens (tertiary/aromatic N) is 1. The van der Waals surface area contributed by atoms with Gasteiger partial charge in [0, 0.05) is 19.7 Å². The second-order valence-corrected chi connectivity index (χ2v) is 5.17. The van der Waals surface area contributed by atoms with Crippen LogP contribution in [0.2, 0.25) is 0 Å². The molecule has 0 radical (unpaired) electrons. The van der Waals surface area contributed by atoms with Crippen molar-refractivity contribution in [1.82, 2.24) is 4.90 Å². The molecule has 0 saturated heterocycles. The van der Waals surface area contributed by atoms with E-state index >= 15 is 0 Å². The lowest BCUT2D eigenvalue weighted by Gasteiger charge is -2.29. The van der Waals surface area contributed by atoms with Crippen LogP contribution in [0.15, 0.2) is 18.2 Å². The maximum Gasteiger partial charge on any atom is 0.257 e. The highest BCUT2D eigenvalue weighted by Gasteiger charge is 2.35. The molecule has 1 unspecified atom stereocenters. The molecule has 5 heteroatoms. The highest BCUT2D eigenvalue weighted by atomic mass is 19.2. The second-order valence-electron chi connectivity index (χ2n) is 5.17. The lowest BCUT2D eigenvalue weighted by Crippen LogP contribution is -2.42. The molecule has 110 valence electrons. The van der Waals surface area contributed by atoms with E-state index in [1.54, 1.807) is 12.0 Å². The van der Waals surface area contributed by atoms with Crippen molar-refractivity contribution in [3.63, 3.8) is 0 Å². The largest absolute Gasteiger partial charge is 0.383 e. The summed E-state index contributed by atoms with van der Waals surface area (Å²) >= 11 is 0. The van der Waals surface area contributed by atoms with Gasteiger partial charge >= 0.3 is 0 Å². The van der Waals surface area contributed by atoms with Gasteiger partial charge < -0.3 is 9.64 Å². The zero-order valence-electron chi connectivity index (χ0n) is 11.7. The lowest BCUT2D eigenvalue weighted by molar-refractivity contribution is 0.0589. The number of carbonyl (C=O) groups is 1. The molecule has 20 heavy (non-hydrogen) atoms. The average Bonchev–Trinajstić information content (AvgIpc) is 3.26. The van der Waals surface area contributed by atoms with E-state index in [0.717, 1.165) is 18.9 Å². The number of hydrogen-bond donors (Lipinski definition) is 0. The molecular weight excluding hydrogens is 264 g/mol. The van der Waals surface area contributed by atoms with Gasteiger partial charge in [0.1, 0.15) is 0 Å². The number of amides is 1. The van der Waals surface area contributed by atoms with Gasteiger partial charge in [0.15, 0.2) is 11.6 Å². The van der Waals surface area contributed by atoms with Crippen LogP contribution in [-0.2, 0) is 4.74 Å². The van der Waals surface area contributed by atoms with Gasteiger partial charge in [-0.3, -0.25) is 4.79 Å². The average molecular weight is 283 g/mol. The normalized spacial score (nSPS) is 16.0. The van der Waals surface area contributed by atoms with E-state index in [4.69, 9.17) is 4.74 Å². The van der Waals surface area contributed by atoms with Crippen LogP contribution in [0, 0.1) is 17.6 Å². The van der Waals surface area contributed by atoms with Crippen molar-refractivity contribution in [3.05, 3.63) is 35.4 Å². The highest BCUT2D eigenvalue weighted by molar-refractivity contribution is 5.94. The zero-order chi connectivity index (χ0) is 14.7. The minimum Gasteiger partial charge on any atom is -0.383 e. The minimum absolute atomic E-state index is 0.0142. The van der Waals surface area contributed by atoms with Crippen LogP contribution in [0.5, 0.6) is 0 Å². The topological polar surface area (TPSA) is 29.5 Å².